The van der Waals surface area contributed by atoms with Crippen molar-refractivity contribution in [2.75, 3.05) is 0 Å². The van der Waals surface area contributed by atoms with Gasteiger partial charge >= 0.3 is 0 Å². The van der Waals surface area contributed by atoms with Crippen LogP contribution >= 0.6 is 0 Å². The van der Waals surface area contributed by atoms with Gasteiger partial charge in [0, 0.05) is 12.1 Å². The first-order valence-electron chi connectivity index (χ1n) is 8.39. The summed E-state index contributed by atoms with van der Waals surface area (Å²) in [7, 11) is 0. The van der Waals surface area contributed by atoms with Crippen molar-refractivity contribution in [2.24, 2.45) is 5.92 Å². The number of halogens is 3. The molecule has 24 heavy (non-hydrogen) atoms. The first-order valence-corrected chi connectivity index (χ1v) is 8.39. The third kappa shape index (κ3) is 3.92. The number of hydrogen-bond acceptors (Lipinski definition) is 1. The zero-order chi connectivity index (χ0) is 17.1. The second kappa shape index (κ2) is 7.29. The molecule has 0 amide bonds. The lowest BCUT2D eigenvalue weighted by atomic mass is 9.79. The molecule has 1 nitrogen and oxygen atoms in total. The highest BCUT2D eigenvalue weighted by Gasteiger charge is 2.19. The smallest absolute Gasteiger partial charge is 0.194 e. The normalized spacial score (nSPS) is 20.8. The molecule has 4 heteroatoms. The molecule has 1 saturated carbocycles. The van der Waals surface area contributed by atoms with E-state index in [2.05, 4.69) is 19.1 Å². The minimum atomic E-state index is -1.48. The van der Waals surface area contributed by atoms with Crippen LogP contribution in [0.15, 0.2) is 36.4 Å². The van der Waals surface area contributed by atoms with Crippen molar-refractivity contribution in [1.29, 1.82) is 0 Å². The molecule has 0 N–H and O–H groups in total. The summed E-state index contributed by atoms with van der Waals surface area (Å²) < 4.78 is 44.6. The molecule has 3 rings (SSSR count). The molecule has 0 heterocycles. The predicted molar refractivity (Wildman–Crippen MR) is 87.5 cm³/mol. The third-order valence-corrected chi connectivity index (χ3v) is 4.83. The van der Waals surface area contributed by atoms with Crippen LogP contribution in [0.4, 0.5) is 13.2 Å². The molecular formula is C20H21F3O. The molecule has 0 bridgehead atoms. The SMILES string of the molecule is CC1CCC(c2ccc(COc3cc(F)c(F)c(F)c3)cc2)CC1. The molecule has 0 aliphatic heterocycles. The summed E-state index contributed by atoms with van der Waals surface area (Å²) in [6, 6.07) is 9.87. The van der Waals surface area contributed by atoms with E-state index in [4.69, 9.17) is 4.74 Å². The molecule has 0 spiro atoms. The van der Waals surface area contributed by atoms with Gasteiger partial charge in [-0.15, -0.1) is 0 Å². The van der Waals surface area contributed by atoms with Crippen molar-refractivity contribution in [3.05, 3.63) is 65.0 Å². The van der Waals surface area contributed by atoms with E-state index in [1.807, 2.05) is 12.1 Å². The van der Waals surface area contributed by atoms with Crippen LogP contribution in [0.2, 0.25) is 0 Å². The summed E-state index contributed by atoms with van der Waals surface area (Å²) >= 11 is 0. The van der Waals surface area contributed by atoms with Crippen molar-refractivity contribution in [1.82, 2.24) is 0 Å². The van der Waals surface area contributed by atoms with E-state index in [0.29, 0.717) is 5.92 Å². The van der Waals surface area contributed by atoms with Crippen molar-refractivity contribution >= 4 is 0 Å². The molecule has 0 saturated heterocycles. The van der Waals surface area contributed by atoms with Crippen LogP contribution in [0, 0.1) is 23.4 Å². The summed E-state index contributed by atoms with van der Waals surface area (Å²) in [5, 5.41) is 0. The molecule has 0 atom stereocenters. The molecule has 0 unspecified atom stereocenters. The fourth-order valence-corrected chi connectivity index (χ4v) is 3.26. The minimum absolute atomic E-state index is 0.0169. The van der Waals surface area contributed by atoms with Crippen LogP contribution in [-0.4, -0.2) is 0 Å². The van der Waals surface area contributed by atoms with Gasteiger partial charge in [0.1, 0.15) is 12.4 Å². The number of hydrogen-bond donors (Lipinski definition) is 0. The largest absolute Gasteiger partial charge is 0.489 e. The molecule has 1 aliphatic rings. The maximum absolute atomic E-state index is 13.2. The van der Waals surface area contributed by atoms with Crippen LogP contribution in [0.25, 0.3) is 0 Å². The van der Waals surface area contributed by atoms with Gasteiger partial charge in [-0.25, -0.2) is 13.2 Å². The van der Waals surface area contributed by atoms with E-state index >= 15 is 0 Å². The van der Waals surface area contributed by atoms with Crippen LogP contribution in [0.1, 0.15) is 49.7 Å². The number of benzene rings is 2. The summed E-state index contributed by atoms with van der Waals surface area (Å²) in [6.45, 7) is 2.49. The molecule has 2 aromatic carbocycles. The van der Waals surface area contributed by atoms with Crippen molar-refractivity contribution in [3.63, 3.8) is 0 Å². The summed E-state index contributed by atoms with van der Waals surface area (Å²) in [4.78, 5) is 0. The van der Waals surface area contributed by atoms with E-state index in [1.165, 1.54) is 31.2 Å². The summed E-state index contributed by atoms with van der Waals surface area (Å²) in [5.74, 6) is -2.54. The van der Waals surface area contributed by atoms with Crippen LogP contribution in [0.3, 0.4) is 0 Å². The highest BCUT2D eigenvalue weighted by Crippen LogP contribution is 2.35. The molecule has 0 aromatic heterocycles. The van der Waals surface area contributed by atoms with Crippen LogP contribution in [-0.2, 0) is 6.61 Å². The monoisotopic (exact) mass is 334 g/mol. The lowest BCUT2D eigenvalue weighted by Crippen LogP contribution is -2.10. The van der Waals surface area contributed by atoms with Crippen molar-refractivity contribution in [3.8, 4) is 5.75 Å². The van der Waals surface area contributed by atoms with Crippen LogP contribution < -0.4 is 4.74 Å². The predicted octanol–water partition coefficient (Wildman–Crippen LogP) is 5.98. The quantitative estimate of drug-likeness (QED) is 0.625. The zero-order valence-electron chi connectivity index (χ0n) is 13.7. The zero-order valence-corrected chi connectivity index (χ0v) is 13.7. The lowest BCUT2D eigenvalue weighted by molar-refractivity contribution is 0.299. The third-order valence-electron chi connectivity index (χ3n) is 4.83. The minimum Gasteiger partial charge on any atom is -0.489 e. The van der Waals surface area contributed by atoms with E-state index in [9.17, 15) is 13.2 Å². The molecule has 128 valence electrons. The fraction of sp³-hybridized carbons (Fsp3) is 0.400. The van der Waals surface area contributed by atoms with Gasteiger partial charge < -0.3 is 4.74 Å². The van der Waals surface area contributed by atoms with Gasteiger partial charge in [0.25, 0.3) is 0 Å². The van der Waals surface area contributed by atoms with Gasteiger partial charge in [0.15, 0.2) is 17.5 Å². The maximum Gasteiger partial charge on any atom is 0.194 e. The Kier molecular flexibility index (Phi) is 5.12. The first-order chi connectivity index (χ1) is 11.5. The topological polar surface area (TPSA) is 9.23 Å². The van der Waals surface area contributed by atoms with Crippen molar-refractivity contribution < 1.29 is 17.9 Å². The second-order valence-corrected chi connectivity index (χ2v) is 6.69. The lowest BCUT2D eigenvalue weighted by Gasteiger charge is -2.26. The Morgan fingerprint density at radius 3 is 2.08 bits per heavy atom. The Bertz CT molecular complexity index is 666. The van der Waals surface area contributed by atoms with Gasteiger partial charge in [0.05, 0.1) is 0 Å². The van der Waals surface area contributed by atoms with Gasteiger partial charge in [-0.2, -0.15) is 0 Å². The number of rotatable bonds is 4. The van der Waals surface area contributed by atoms with Gasteiger partial charge in [-0.1, -0.05) is 44.0 Å². The highest BCUT2D eigenvalue weighted by atomic mass is 19.2. The van der Waals surface area contributed by atoms with E-state index in [1.54, 1.807) is 0 Å². The summed E-state index contributed by atoms with van der Waals surface area (Å²) in [5.41, 5.74) is 2.25. The van der Waals surface area contributed by atoms with E-state index in [0.717, 1.165) is 23.6 Å². The van der Waals surface area contributed by atoms with Crippen LogP contribution in [0.5, 0.6) is 5.75 Å². The van der Waals surface area contributed by atoms with Gasteiger partial charge in [-0.05, 0) is 35.8 Å². The van der Waals surface area contributed by atoms with Gasteiger partial charge in [0.2, 0.25) is 0 Å². The molecule has 1 fully saturated rings. The maximum atomic E-state index is 13.2. The standard InChI is InChI=1S/C20H21F3O/c1-13-2-6-15(7-3-13)16-8-4-14(5-9-16)12-24-17-10-18(21)20(23)19(22)11-17/h4-5,8-11,13,15H,2-3,6-7,12H2,1H3. The van der Waals surface area contributed by atoms with E-state index < -0.39 is 17.5 Å². The molecule has 0 radical (unpaired) electrons. The Balaban J connectivity index is 1.60. The molecular weight excluding hydrogens is 313 g/mol. The number of ether oxygens (including phenoxy) is 1. The average Bonchev–Trinajstić information content (AvgIpc) is 2.59. The highest BCUT2D eigenvalue weighted by molar-refractivity contribution is 5.28. The van der Waals surface area contributed by atoms with E-state index in [-0.39, 0.29) is 12.4 Å². The first kappa shape index (κ1) is 16.9. The second-order valence-electron chi connectivity index (χ2n) is 6.69. The molecule has 2 aromatic rings. The van der Waals surface area contributed by atoms with Crippen molar-refractivity contribution in [2.45, 2.75) is 45.1 Å². The Morgan fingerprint density at radius 1 is 0.917 bits per heavy atom. The fourth-order valence-electron chi connectivity index (χ4n) is 3.26. The average molecular weight is 334 g/mol. The summed E-state index contributed by atoms with van der Waals surface area (Å²) in [6.07, 6.45) is 5.00. The Hall–Kier alpha value is -1.97. The van der Waals surface area contributed by atoms with Gasteiger partial charge in [-0.3, -0.25) is 0 Å². The Morgan fingerprint density at radius 2 is 1.50 bits per heavy atom. The molecule has 1 aliphatic carbocycles. The Labute approximate surface area is 140 Å².